The first-order valence-corrected chi connectivity index (χ1v) is 5.80. The normalized spacial score (nSPS) is 13.1. The number of aliphatic carboxylic acids is 1. The van der Waals surface area contributed by atoms with E-state index in [0.717, 1.165) is 16.7 Å². The fourth-order valence-electron chi connectivity index (χ4n) is 1.85. The van der Waals surface area contributed by atoms with E-state index in [1.807, 2.05) is 37.1 Å². The molecule has 1 N–H and O–H groups in total. The Hall–Kier alpha value is -1.88. The molecule has 0 aliphatic carbocycles. The topological polar surface area (TPSA) is 66.6 Å². The van der Waals surface area contributed by atoms with Crippen LogP contribution in [0.3, 0.4) is 0 Å². The first kappa shape index (κ1) is 12.6. The molecule has 2 aromatic rings. The molecular formula is C13H16N2O3. The summed E-state index contributed by atoms with van der Waals surface area (Å²) in [7, 11) is 1.91. The molecule has 5 nitrogen and oxygen atoms in total. The van der Waals surface area contributed by atoms with Crippen LogP contribution in [-0.4, -0.2) is 34.0 Å². The highest BCUT2D eigenvalue weighted by atomic mass is 16.4. The summed E-state index contributed by atoms with van der Waals surface area (Å²) in [5.74, 6) is -0.778. The van der Waals surface area contributed by atoms with Crippen LogP contribution in [-0.2, 0) is 11.3 Å². The molecule has 2 rings (SSSR count). The quantitative estimate of drug-likeness (QED) is 0.877. The van der Waals surface area contributed by atoms with Crippen LogP contribution in [0.1, 0.15) is 18.9 Å². The minimum absolute atomic E-state index is 0.00655. The average molecular weight is 248 g/mol. The summed E-state index contributed by atoms with van der Waals surface area (Å²) in [5, 5.41) is 8.76. The molecule has 1 unspecified atom stereocenters. The summed E-state index contributed by atoms with van der Waals surface area (Å²) >= 11 is 0. The molecule has 0 saturated carbocycles. The molecule has 1 aromatic carbocycles. The van der Waals surface area contributed by atoms with Gasteiger partial charge in [0, 0.05) is 12.6 Å². The van der Waals surface area contributed by atoms with Gasteiger partial charge in [0.15, 0.2) is 12.0 Å². The Morgan fingerprint density at radius 1 is 1.56 bits per heavy atom. The molecule has 0 saturated heterocycles. The van der Waals surface area contributed by atoms with E-state index >= 15 is 0 Å². The van der Waals surface area contributed by atoms with E-state index in [4.69, 9.17) is 9.52 Å². The highest BCUT2D eigenvalue weighted by molar-refractivity contribution is 5.72. The van der Waals surface area contributed by atoms with Gasteiger partial charge in [0.05, 0.1) is 6.42 Å². The Morgan fingerprint density at radius 3 is 3.06 bits per heavy atom. The van der Waals surface area contributed by atoms with Crippen molar-refractivity contribution in [1.29, 1.82) is 0 Å². The standard InChI is InChI=1S/C13H16N2O3/c1-9(5-13(16)17)15(2)7-10-3-4-11-12(6-10)18-8-14-11/h3-4,6,8-9H,5,7H2,1-2H3,(H,16,17). The average Bonchev–Trinajstić information content (AvgIpc) is 2.75. The van der Waals surface area contributed by atoms with Crippen LogP contribution in [0.15, 0.2) is 29.0 Å². The number of hydrogen-bond donors (Lipinski definition) is 1. The first-order chi connectivity index (χ1) is 8.56. The molecule has 0 spiro atoms. The molecule has 1 heterocycles. The maximum Gasteiger partial charge on any atom is 0.304 e. The molecule has 0 bridgehead atoms. The molecular weight excluding hydrogens is 232 g/mol. The lowest BCUT2D eigenvalue weighted by Gasteiger charge is -2.23. The van der Waals surface area contributed by atoms with E-state index in [9.17, 15) is 4.79 Å². The van der Waals surface area contributed by atoms with E-state index < -0.39 is 5.97 Å². The molecule has 0 aliphatic rings. The Kier molecular flexibility index (Phi) is 3.62. The van der Waals surface area contributed by atoms with E-state index in [0.29, 0.717) is 6.54 Å². The molecule has 96 valence electrons. The third-order valence-electron chi connectivity index (χ3n) is 3.05. The van der Waals surface area contributed by atoms with Gasteiger partial charge in [0.1, 0.15) is 5.52 Å². The number of rotatable bonds is 5. The van der Waals surface area contributed by atoms with E-state index in [2.05, 4.69) is 4.98 Å². The van der Waals surface area contributed by atoms with Crippen molar-refractivity contribution in [1.82, 2.24) is 9.88 Å². The van der Waals surface area contributed by atoms with E-state index in [-0.39, 0.29) is 12.5 Å². The Morgan fingerprint density at radius 2 is 2.33 bits per heavy atom. The zero-order valence-corrected chi connectivity index (χ0v) is 10.5. The predicted molar refractivity (Wildman–Crippen MR) is 67.2 cm³/mol. The van der Waals surface area contributed by atoms with Crippen LogP contribution < -0.4 is 0 Å². The second kappa shape index (κ2) is 5.18. The third kappa shape index (κ3) is 2.87. The molecule has 0 radical (unpaired) electrons. The van der Waals surface area contributed by atoms with Gasteiger partial charge in [-0.05, 0) is 31.7 Å². The first-order valence-electron chi connectivity index (χ1n) is 5.80. The summed E-state index contributed by atoms with van der Waals surface area (Å²) < 4.78 is 5.24. The maximum absolute atomic E-state index is 10.7. The number of fused-ring (bicyclic) bond motifs is 1. The van der Waals surface area contributed by atoms with Crippen molar-refractivity contribution in [3.05, 3.63) is 30.2 Å². The summed E-state index contributed by atoms with van der Waals surface area (Å²) in [6.07, 6.45) is 1.56. The van der Waals surface area contributed by atoms with Crippen molar-refractivity contribution in [2.24, 2.45) is 0 Å². The predicted octanol–water partition coefficient (Wildman–Crippen LogP) is 2.12. The number of carboxylic acids is 1. The lowest BCUT2D eigenvalue weighted by Crippen LogP contribution is -2.30. The maximum atomic E-state index is 10.7. The van der Waals surface area contributed by atoms with Gasteiger partial charge in [-0.1, -0.05) is 6.07 Å². The molecule has 5 heteroatoms. The zero-order valence-electron chi connectivity index (χ0n) is 10.5. The fraction of sp³-hybridized carbons (Fsp3) is 0.385. The van der Waals surface area contributed by atoms with Gasteiger partial charge in [-0.2, -0.15) is 0 Å². The SMILES string of the molecule is CC(CC(=O)O)N(C)Cc1ccc2ncoc2c1. The van der Waals surface area contributed by atoms with Crippen LogP contribution >= 0.6 is 0 Å². The van der Waals surface area contributed by atoms with Gasteiger partial charge in [-0.3, -0.25) is 9.69 Å². The minimum Gasteiger partial charge on any atom is -0.481 e. The van der Waals surface area contributed by atoms with Gasteiger partial charge in [0.2, 0.25) is 0 Å². The van der Waals surface area contributed by atoms with Crippen LogP contribution in [0, 0.1) is 0 Å². The lowest BCUT2D eigenvalue weighted by molar-refractivity contribution is -0.138. The van der Waals surface area contributed by atoms with Gasteiger partial charge in [0.25, 0.3) is 0 Å². The van der Waals surface area contributed by atoms with Crippen molar-refractivity contribution >= 4 is 17.1 Å². The highest BCUT2D eigenvalue weighted by Crippen LogP contribution is 2.16. The number of oxazole rings is 1. The largest absolute Gasteiger partial charge is 0.481 e. The van der Waals surface area contributed by atoms with E-state index in [1.165, 1.54) is 6.39 Å². The van der Waals surface area contributed by atoms with Gasteiger partial charge < -0.3 is 9.52 Å². The lowest BCUT2D eigenvalue weighted by atomic mass is 10.1. The molecule has 0 amide bonds. The highest BCUT2D eigenvalue weighted by Gasteiger charge is 2.13. The third-order valence-corrected chi connectivity index (χ3v) is 3.05. The van der Waals surface area contributed by atoms with Crippen LogP contribution in [0.5, 0.6) is 0 Å². The second-order valence-electron chi connectivity index (χ2n) is 4.52. The molecule has 1 atom stereocenters. The summed E-state index contributed by atoms with van der Waals surface area (Å²) in [4.78, 5) is 16.7. The number of benzene rings is 1. The Bertz CT molecular complexity index is 550. The summed E-state index contributed by atoms with van der Waals surface area (Å²) in [6.45, 7) is 2.59. The zero-order chi connectivity index (χ0) is 13.1. The van der Waals surface area contributed by atoms with Crippen molar-refractivity contribution < 1.29 is 14.3 Å². The van der Waals surface area contributed by atoms with E-state index in [1.54, 1.807) is 0 Å². The molecule has 1 aromatic heterocycles. The number of nitrogens with zero attached hydrogens (tertiary/aromatic N) is 2. The monoisotopic (exact) mass is 248 g/mol. The van der Waals surface area contributed by atoms with Crippen molar-refractivity contribution in [3.63, 3.8) is 0 Å². The number of aromatic nitrogens is 1. The van der Waals surface area contributed by atoms with Gasteiger partial charge in [-0.15, -0.1) is 0 Å². The second-order valence-corrected chi connectivity index (χ2v) is 4.52. The van der Waals surface area contributed by atoms with Gasteiger partial charge >= 0.3 is 5.97 Å². The number of hydrogen-bond acceptors (Lipinski definition) is 4. The molecule has 18 heavy (non-hydrogen) atoms. The fourth-order valence-corrected chi connectivity index (χ4v) is 1.85. The Balaban J connectivity index is 2.05. The smallest absolute Gasteiger partial charge is 0.304 e. The van der Waals surface area contributed by atoms with Crippen LogP contribution in [0.4, 0.5) is 0 Å². The van der Waals surface area contributed by atoms with Crippen molar-refractivity contribution in [2.75, 3.05) is 7.05 Å². The summed E-state index contributed by atoms with van der Waals surface area (Å²) in [6, 6.07) is 5.82. The molecule has 0 fully saturated rings. The van der Waals surface area contributed by atoms with Crippen LogP contribution in [0.2, 0.25) is 0 Å². The van der Waals surface area contributed by atoms with Crippen molar-refractivity contribution in [2.45, 2.75) is 25.9 Å². The minimum atomic E-state index is -0.778. The summed E-state index contributed by atoms with van der Waals surface area (Å²) in [5.41, 5.74) is 2.67. The number of carboxylic acid groups (broad SMARTS) is 1. The van der Waals surface area contributed by atoms with Gasteiger partial charge in [-0.25, -0.2) is 4.98 Å². The van der Waals surface area contributed by atoms with Crippen LogP contribution in [0.25, 0.3) is 11.1 Å². The number of carbonyl (C=O) groups is 1. The van der Waals surface area contributed by atoms with Crippen molar-refractivity contribution in [3.8, 4) is 0 Å². The molecule has 0 aliphatic heterocycles. The Labute approximate surface area is 105 Å².